The summed E-state index contributed by atoms with van der Waals surface area (Å²) in [5.41, 5.74) is 2.31. The molecule has 8 heteroatoms. The topological polar surface area (TPSA) is 88.5 Å². The van der Waals surface area contributed by atoms with Crippen LogP contribution in [0.25, 0.3) is 39.2 Å². The molecule has 0 saturated carbocycles. The molecule has 0 aliphatic carbocycles. The molecule has 0 saturated heterocycles. The van der Waals surface area contributed by atoms with E-state index < -0.39 is 5.41 Å². The van der Waals surface area contributed by atoms with Crippen molar-refractivity contribution in [3.63, 3.8) is 0 Å². The van der Waals surface area contributed by atoms with Crippen molar-refractivity contribution in [1.82, 2.24) is 9.55 Å². The molecule has 0 spiro atoms. The molecule has 5 rings (SSSR count). The van der Waals surface area contributed by atoms with Gasteiger partial charge in [-0.1, -0.05) is 74.3 Å². The summed E-state index contributed by atoms with van der Waals surface area (Å²) in [6.07, 6.45) is 0. The maximum Gasteiger partial charge on any atom is 0.229 e. The van der Waals surface area contributed by atoms with Crippen LogP contribution in [0.4, 0.5) is 0 Å². The third kappa shape index (κ3) is 4.02. The van der Waals surface area contributed by atoms with Crippen LogP contribution in [-0.4, -0.2) is 25.5 Å². The van der Waals surface area contributed by atoms with E-state index in [1.54, 1.807) is 39.0 Å². The van der Waals surface area contributed by atoms with Crippen LogP contribution in [0.15, 0.2) is 71.1 Å². The molecule has 182 valence electrons. The summed E-state index contributed by atoms with van der Waals surface area (Å²) in [5.74, 6) is -0.830. The van der Waals surface area contributed by atoms with Crippen molar-refractivity contribution in [2.24, 2.45) is 5.41 Å². The molecule has 0 fully saturated rings. The summed E-state index contributed by atoms with van der Waals surface area (Å²) >= 11 is 12.7. The molecule has 0 bridgehead atoms. The van der Waals surface area contributed by atoms with Gasteiger partial charge in [-0.05, 0) is 29.8 Å². The van der Waals surface area contributed by atoms with Crippen molar-refractivity contribution in [3.05, 3.63) is 82.5 Å². The summed E-state index contributed by atoms with van der Waals surface area (Å²) < 4.78 is 7.24. The zero-order valence-electron chi connectivity index (χ0n) is 19.7. The van der Waals surface area contributed by atoms with E-state index in [1.165, 1.54) is 16.7 Å². The Bertz CT molecular complexity index is 1610. The number of carbonyl (C=O) groups excluding carboxylic acids is 1. The van der Waals surface area contributed by atoms with Crippen LogP contribution in [0.1, 0.15) is 31.3 Å². The van der Waals surface area contributed by atoms with Crippen molar-refractivity contribution < 1.29 is 19.4 Å². The van der Waals surface area contributed by atoms with Crippen LogP contribution in [0.2, 0.25) is 10.0 Å². The van der Waals surface area contributed by atoms with Gasteiger partial charge in [-0.15, -0.1) is 0 Å². The number of furan rings is 1. The van der Waals surface area contributed by atoms with Crippen molar-refractivity contribution in [1.29, 1.82) is 0 Å². The molecular weight excluding hydrogens is 499 g/mol. The number of rotatable bonds is 4. The highest BCUT2D eigenvalue weighted by molar-refractivity contribution is 6.33. The van der Waals surface area contributed by atoms with Gasteiger partial charge in [0.2, 0.25) is 11.5 Å². The molecule has 2 N–H and O–H groups in total. The van der Waals surface area contributed by atoms with Gasteiger partial charge in [0.1, 0.15) is 5.69 Å². The third-order valence-corrected chi connectivity index (χ3v) is 6.47. The van der Waals surface area contributed by atoms with Gasteiger partial charge in [0.05, 0.1) is 11.1 Å². The van der Waals surface area contributed by atoms with Crippen molar-refractivity contribution in [2.75, 3.05) is 0 Å². The largest absolute Gasteiger partial charge is 0.494 e. The summed E-state index contributed by atoms with van der Waals surface area (Å²) in [4.78, 5) is 18.2. The number of hydrogen-bond acceptors (Lipinski definition) is 5. The minimum absolute atomic E-state index is 0.0230. The van der Waals surface area contributed by atoms with Crippen LogP contribution in [-0.2, 0) is 0 Å². The number of Topliss-reactive ketones (excluding diaryl/α,β-unsaturated/α-hetero) is 1. The van der Waals surface area contributed by atoms with Gasteiger partial charge < -0.3 is 14.6 Å². The average Bonchev–Trinajstić information content (AvgIpc) is 3.36. The van der Waals surface area contributed by atoms with E-state index in [-0.39, 0.29) is 34.7 Å². The van der Waals surface area contributed by atoms with Crippen LogP contribution in [0.3, 0.4) is 0 Å². The number of pyridine rings is 1. The van der Waals surface area contributed by atoms with Crippen LogP contribution < -0.4 is 0 Å². The van der Waals surface area contributed by atoms with E-state index >= 15 is 0 Å². The Labute approximate surface area is 217 Å². The first-order chi connectivity index (χ1) is 17.1. The first-order valence-electron chi connectivity index (χ1n) is 11.2. The number of nitrogens with zero attached hydrogens (tertiary/aromatic N) is 2. The molecular formula is C28H22Cl2N2O4. The quantitative estimate of drug-likeness (QED) is 0.235. The lowest BCUT2D eigenvalue weighted by Crippen LogP contribution is -2.21. The minimum atomic E-state index is -0.800. The molecule has 3 heterocycles. The maximum atomic E-state index is 13.4. The molecule has 0 aliphatic rings. The van der Waals surface area contributed by atoms with Gasteiger partial charge in [-0.25, -0.2) is 9.55 Å². The number of carbonyl (C=O) groups is 1. The highest BCUT2D eigenvalue weighted by Crippen LogP contribution is 2.43. The van der Waals surface area contributed by atoms with Crippen LogP contribution in [0, 0.1) is 5.41 Å². The molecule has 0 atom stereocenters. The Morgan fingerprint density at radius 2 is 1.56 bits per heavy atom. The summed E-state index contributed by atoms with van der Waals surface area (Å²) in [7, 11) is 0. The second-order valence-corrected chi connectivity index (χ2v) is 10.3. The Morgan fingerprint density at radius 1 is 0.917 bits per heavy atom. The van der Waals surface area contributed by atoms with E-state index in [1.807, 2.05) is 36.4 Å². The Kier molecular flexibility index (Phi) is 5.81. The predicted molar refractivity (Wildman–Crippen MR) is 141 cm³/mol. The molecule has 0 amide bonds. The number of ketones is 1. The fourth-order valence-electron chi connectivity index (χ4n) is 4.08. The van der Waals surface area contributed by atoms with Gasteiger partial charge in [0.15, 0.2) is 17.5 Å². The van der Waals surface area contributed by atoms with Crippen molar-refractivity contribution in [3.8, 4) is 39.8 Å². The molecule has 5 aromatic rings. The average molecular weight is 521 g/mol. The number of hydrogen-bond donors (Lipinski definition) is 2. The predicted octanol–water partition coefficient (Wildman–Crippen LogP) is 7.90. The highest BCUT2D eigenvalue weighted by atomic mass is 35.5. The zero-order valence-corrected chi connectivity index (χ0v) is 21.2. The second-order valence-electron chi connectivity index (χ2n) is 9.47. The number of benzene rings is 2. The van der Waals surface area contributed by atoms with E-state index in [0.29, 0.717) is 32.3 Å². The standard InChI is InChI=1S/C28H22Cl2N2O4/c1-28(2,3)26(35)25-24(32-21(33)12-13-22(32)34)19-14-18(15-8-10-16(29)11-9-15)23(31-27(19)36-25)17-6-4-5-7-20(17)30/h4-14,33-34H,1-3H3. The van der Waals surface area contributed by atoms with Gasteiger partial charge in [-0.2, -0.15) is 0 Å². The Morgan fingerprint density at radius 3 is 2.17 bits per heavy atom. The number of aromatic hydroxyl groups is 2. The van der Waals surface area contributed by atoms with Gasteiger partial charge in [0.25, 0.3) is 0 Å². The highest BCUT2D eigenvalue weighted by Gasteiger charge is 2.33. The lowest BCUT2D eigenvalue weighted by molar-refractivity contribution is 0.0830. The van der Waals surface area contributed by atoms with Crippen molar-refractivity contribution >= 4 is 40.1 Å². The van der Waals surface area contributed by atoms with Crippen LogP contribution in [0.5, 0.6) is 11.8 Å². The second kappa shape index (κ2) is 8.73. The number of fused-ring (bicyclic) bond motifs is 1. The Balaban J connectivity index is 1.92. The number of halogens is 2. The fourth-order valence-corrected chi connectivity index (χ4v) is 4.43. The summed E-state index contributed by atoms with van der Waals surface area (Å²) in [6.45, 7) is 5.30. The van der Waals surface area contributed by atoms with E-state index in [2.05, 4.69) is 0 Å². The monoisotopic (exact) mass is 520 g/mol. The van der Waals surface area contributed by atoms with E-state index in [9.17, 15) is 15.0 Å². The molecule has 2 aromatic carbocycles. The zero-order chi connectivity index (χ0) is 25.8. The Hall–Kier alpha value is -3.74. The fraction of sp³-hybridized carbons (Fsp3) is 0.143. The molecule has 0 radical (unpaired) electrons. The molecule has 6 nitrogen and oxygen atoms in total. The SMILES string of the molecule is CC(C)(C)C(=O)c1oc2nc(-c3ccccc3Cl)c(-c3ccc(Cl)cc3)cc2c1-n1c(O)ccc1O. The third-order valence-electron chi connectivity index (χ3n) is 5.89. The maximum absolute atomic E-state index is 13.4. The van der Waals surface area contributed by atoms with Crippen molar-refractivity contribution in [2.45, 2.75) is 20.8 Å². The minimum Gasteiger partial charge on any atom is -0.494 e. The van der Waals surface area contributed by atoms with Gasteiger partial charge >= 0.3 is 0 Å². The lowest BCUT2D eigenvalue weighted by atomic mass is 9.88. The molecule has 0 unspecified atom stereocenters. The molecule has 3 aromatic heterocycles. The first-order valence-corrected chi connectivity index (χ1v) is 11.9. The first kappa shape index (κ1) is 24.0. The van der Waals surface area contributed by atoms with Gasteiger partial charge in [0, 0.05) is 38.7 Å². The van der Waals surface area contributed by atoms with E-state index in [4.69, 9.17) is 32.6 Å². The van der Waals surface area contributed by atoms with E-state index in [0.717, 1.165) is 5.56 Å². The molecule has 36 heavy (non-hydrogen) atoms. The summed E-state index contributed by atoms with van der Waals surface area (Å²) in [5, 5.41) is 22.6. The van der Waals surface area contributed by atoms with Gasteiger partial charge in [-0.3, -0.25) is 4.79 Å². The number of aromatic nitrogens is 2. The normalized spacial score (nSPS) is 11.8. The van der Waals surface area contributed by atoms with Crippen LogP contribution >= 0.6 is 23.2 Å². The molecule has 0 aliphatic heterocycles. The lowest BCUT2D eigenvalue weighted by Gasteiger charge is -2.16. The smallest absolute Gasteiger partial charge is 0.229 e. The summed E-state index contributed by atoms with van der Waals surface area (Å²) in [6, 6.07) is 19.1.